The van der Waals surface area contributed by atoms with E-state index in [2.05, 4.69) is 54.3 Å². The van der Waals surface area contributed by atoms with Crippen LogP contribution in [0.2, 0.25) is 0 Å². The molecule has 0 saturated carbocycles. The van der Waals surface area contributed by atoms with Crippen LogP contribution in [0, 0.1) is 12.7 Å². The fourth-order valence-electron chi connectivity index (χ4n) is 4.74. The molecule has 1 aliphatic rings. The molecule has 0 fully saturated rings. The van der Waals surface area contributed by atoms with Gasteiger partial charge in [0.25, 0.3) is 0 Å². The van der Waals surface area contributed by atoms with Gasteiger partial charge in [0, 0.05) is 24.8 Å². The minimum Gasteiger partial charge on any atom is -0.488 e. The molecule has 1 N–H and O–H groups in total. The Morgan fingerprint density at radius 3 is 2.58 bits per heavy atom. The van der Waals surface area contributed by atoms with Crippen molar-refractivity contribution in [2.24, 2.45) is 0 Å². The number of rotatable bonds is 7. The molecule has 0 atom stereocenters. The van der Waals surface area contributed by atoms with Crippen LogP contribution in [0.5, 0.6) is 5.75 Å². The van der Waals surface area contributed by atoms with Crippen molar-refractivity contribution in [3.8, 4) is 16.9 Å². The molecule has 5 rings (SSSR count). The van der Waals surface area contributed by atoms with Crippen molar-refractivity contribution >= 4 is 11.7 Å². The SMILES string of the molecule is Cc1ccc2c(c1)N(Cc1cccc(-c3ccc(COc4cc(F)ccc4C(=O)O)cc3)c1)CCC2. The predicted octanol–water partition coefficient (Wildman–Crippen LogP) is 7.03. The topological polar surface area (TPSA) is 49.8 Å². The first-order valence-corrected chi connectivity index (χ1v) is 12.1. The zero-order valence-corrected chi connectivity index (χ0v) is 20.2. The number of ether oxygens (including phenoxy) is 1. The molecule has 0 aromatic heterocycles. The second kappa shape index (κ2) is 10.2. The van der Waals surface area contributed by atoms with Gasteiger partial charge in [0.1, 0.15) is 23.7 Å². The lowest BCUT2D eigenvalue weighted by molar-refractivity contribution is 0.0691. The number of aryl methyl sites for hydroxylation is 2. The van der Waals surface area contributed by atoms with Crippen LogP contribution in [0.15, 0.2) is 84.9 Å². The molecule has 182 valence electrons. The number of hydrogen-bond acceptors (Lipinski definition) is 3. The highest BCUT2D eigenvalue weighted by molar-refractivity contribution is 5.90. The monoisotopic (exact) mass is 481 g/mol. The number of benzene rings is 4. The lowest BCUT2D eigenvalue weighted by Crippen LogP contribution is -2.28. The molecule has 0 saturated heterocycles. The maximum absolute atomic E-state index is 13.6. The smallest absolute Gasteiger partial charge is 0.339 e. The van der Waals surface area contributed by atoms with Crippen LogP contribution < -0.4 is 9.64 Å². The predicted molar refractivity (Wildman–Crippen MR) is 140 cm³/mol. The molecule has 36 heavy (non-hydrogen) atoms. The van der Waals surface area contributed by atoms with Gasteiger partial charge in [-0.25, -0.2) is 9.18 Å². The van der Waals surface area contributed by atoms with E-state index in [1.165, 1.54) is 34.9 Å². The molecule has 0 unspecified atom stereocenters. The first kappa shape index (κ1) is 23.6. The van der Waals surface area contributed by atoms with E-state index in [-0.39, 0.29) is 17.9 Å². The molecule has 1 heterocycles. The molecule has 1 aliphatic heterocycles. The largest absolute Gasteiger partial charge is 0.488 e. The number of anilines is 1. The third kappa shape index (κ3) is 5.25. The second-order valence-electron chi connectivity index (χ2n) is 9.29. The van der Waals surface area contributed by atoms with Gasteiger partial charge in [0.15, 0.2) is 0 Å². The molecule has 0 aliphatic carbocycles. The van der Waals surface area contributed by atoms with E-state index in [0.717, 1.165) is 48.3 Å². The maximum Gasteiger partial charge on any atom is 0.339 e. The Bertz CT molecular complexity index is 1400. The van der Waals surface area contributed by atoms with Crippen molar-refractivity contribution in [3.05, 3.63) is 119 Å². The van der Waals surface area contributed by atoms with Crippen LogP contribution in [-0.4, -0.2) is 17.6 Å². The average Bonchev–Trinajstić information content (AvgIpc) is 2.88. The number of fused-ring (bicyclic) bond motifs is 1. The molecule has 0 bridgehead atoms. The second-order valence-corrected chi connectivity index (χ2v) is 9.29. The maximum atomic E-state index is 13.6. The molecule has 5 heteroatoms. The first-order valence-electron chi connectivity index (χ1n) is 12.1. The van der Waals surface area contributed by atoms with Crippen LogP contribution in [0.3, 0.4) is 0 Å². The van der Waals surface area contributed by atoms with Gasteiger partial charge in [-0.15, -0.1) is 0 Å². The quantitative estimate of drug-likeness (QED) is 0.308. The minimum atomic E-state index is -1.15. The van der Waals surface area contributed by atoms with Gasteiger partial charge in [-0.05, 0) is 77.4 Å². The van der Waals surface area contributed by atoms with Crippen molar-refractivity contribution < 1.29 is 19.0 Å². The number of carbonyl (C=O) groups is 1. The molecular weight excluding hydrogens is 453 g/mol. The fourth-order valence-corrected chi connectivity index (χ4v) is 4.74. The van der Waals surface area contributed by atoms with Gasteiger partial charge >= 0.3 is 5.97 Å². The van der Waals surface area contributed by atoms with Gasteiger partial charge < -0.3 is 14.7 Å². The van der Waals surface area contributed by atoms with E-state index < -0.39 is 11.8 Å². The van der Waals surface area contributed by atoms with Crippen molar-refractivity contribution in [2.75, 3.05) is 11.4 Å². The highest BCUT2D eigenvalue weighted by Crippen LogP contribution is 2.30. The number of halogens is 1. The van der Waals surface area contributed by atoms with Crippen molar-refractivity contribution in [3.63, 3.8) is 0 Å². The number of hydrogen-bond donors (Lipinski definition) is 1. The average molecular weight is 482 g/mol. The molecule has 4 nitrogen and oxygen atoms in total. The van der Waals surface area contributed by atoms with Gasteiger partial charge in [-0.1, -0.05) is 54.6 Å². The van der Waals surface area contributed by atoms with Gasteiger partial charge in [-0.2, -0.15) is 0 Å². The highest BCUT2D eigenvalue weighted by atomic mass is 19.1. The Kier molecular flexibility index (Phi) is 6.72. The summed E-state index contributed by atoms with van der Waals surface area (Å²) in [6, 6.07) is 26.8. The molecule has 4 aromatic carbocycles. The van der Waals surface area contributed by atoms with Crippen molar-refractivity contribution in [2.45, 2.75) is 32.9 Å². The third-order valence-corrected chi connectivity index (χ3v) is 6.61. The molecule has 0 radical (unpaired) electrons. The Balaban J connectivity index is 1.29. The van der Waals surface area contributed by atoms with E-state index in [1.54, 1.807) is 0 Å². The lowest BCUT2D eigenvalue weighted by atomic mass is 9.98. The summed E-state index contributed by atoms with van der Waals surface area (Å²) in [4.78, 5) is 13.8. The summed E-state index contributed by atoms with van der Waals surface area (Å²) in [6.07, 6.45) is 2.31. The number of carboxylic acids is 1. The van der Waals surface area contributed by atoms with Crippen molar-refractivity contribution in [1.82, 2.24) is 0 Å². The minimum absolute atomic E-state index is 0.0220. The fraction of sp³-hybridized carbons (Fsp3) is 0.194. The first-order chi connectivity index (χ1) is 17.5. The normalized spacial score (nSPS) is 12.8. The van der Waals surface area contributed by atoms with E-state index in [0.29, 0.717) is 0 Å². The van der Waals surface area contributed by atoms with Crippen LogP contribution in [0.1, 0.15) is 39.0 Å². The van der Waals surface area contributed by atoms with E-state index in [1.807, 2.05) is 24.3 Å². The van der Waals surface area contributed by atoms with E-state index in [4.69, 9.17) is 4.74 Å². The Morgan fingerprint density at radius 2 is 1.78 bits per heavy atom. The summed E-state index contributed by atoms with van der Waals surface area (Å²) < 4.78 is 19.2. The lowest BCUT2D eigenvalue weighted by Gasteiger charge is -2.32. The van der Waals surface area contributed by atoms with E-state index in [9.17, 15) is 14.3 Å². The van der Waals surface area contributed by atoms with Crippen LogP contribution in [0.4, 0.5) is 10.1 Å². The van der Waals surface area contributed by atoms with Gasteiger partial charge in [-0.3, -0.25) is 0 Å². The Morgan fingerprint density at radius 1 is 0.944 bits per heavy atom. The molecule has 4 aromatic rings. The Hall–Kier alpha value is -4.12. The number of aromatic carboxylic acids is 1. The van der Waals surface area contributed by atoms with Crippen molar-refractivity contribution in [1.29, 1.82) is 0 Å². The summed E-state index contributed by atoms with van der Waals surface area (Å²) in [6.45, 7) is 4.23. The standard InChI is InChI=1S/C31H28FNO3/c1-21-7-10-25-6-3-15-33(29(25)16-21)19-23-4-2-5-26(17-23)24-11-8-22(9-12-24)20-36-30-18-27(32)13-14-28(30)31(34)35/h2,4-5,7-14,16-18H,3,6,15,19-20H2,1H3,(H,34,35). The van der Waals surface area contributed by atoms with Gasteiger partial charge in [0.2, 0.25) is 0 Å². The summed E-state index contributed by atoms with van der Waals surface area (Å²) in [5.41, 5.74) is 8.37. The third-order valence-electron chi connectivity index (χ3n) is 6.61. The summed E-state index contributed by atoms with van der Waals surface area (Å²) >= 11 is 0. The van der Waals surface area contributed by atoms with Crippen LogP contribution in [0.25, 0.3) is 11.1 Å². The van der Waals surface area contributed by atoms with Crippen LogP contribution >= 0.6 is 0 Å². The molecule has 0 amide bonds. The zero-order valence-electron chi connectivity index (χ0n) is 20.2. The van der Waals surface area contributed by atoms with Gasteiger partial charge in [0.05, 0.1) is 0 Å². The Labute approximate surface area is 210 Å². The molecular formula is C31H28FNO3. The highest BCUT2D eigenvalue weighted by Gasteiger charge is 2.17. The van der Waals surface area contributed by atoms with Crippen LogP contribution in [-0.2, 0) is 19.6 Å². The summed E-state index contributed by atoms with van der Waals surface area (Å²) in [5.74, 6) is -1.66. The number of carboxylic acid groups (broad SMARTS) is 1. The zero-order chi connectivity index (χ0) is 25.1. The summed E-state index contributed by atoms with van der Waals surface area (Å²) in [5, 5.41) is 9.30. The molecule has 0 spiro atoms. The number of nitrogens with zero attached hydrogens (tertiary/aromatic N) is 1. The summed E-state index contributed by atoms with van der Waals surface area (Å²) in [7, 11) is 0. The van der Waals surface area contributed by atoms with E-state index >= 15 is 0 Å².